The molecule has 162 valence electrons. The van der Waals surface area contributed by atoms with E-state index in [-0.39, 0.29) is 23.9 Å². The summed E-state index contributed by atoms with van der Waals surface area (Å²) in [6, 6.07) is 7.78. The third-order valence-corrected chi connectivity index (χ3v) is 4.92. The number of amidine groups is 1. The highest BCUT2D eigenvalue weighted by Gasteiger charge is 2.33. The van der Waals surface area contributed by atoms with Gasteiger partial charge in [0.25, 0.3) is 5.91 Å². The quantitative estimate of drug-likeness (QED) is 0.293. The van der Waals surface area contributed by atoms with E-state index in [2.05, 4.69) is 21.7 Å². The number of nitrogens with two attached hydrogens (primary N) is 2. The van der Waals surface area contributed by atoms with Gasteiger partial charge in [-0.25, -0.2) is 4.99 Å². The number of alkyl halides is 3. The Bertz CT molecular complexity index is 847. The Balaban J connectivity index is 2.06. The van der Waals surface area contributed by atoms with Crippen molar-refractivity contribution in [2.75, 3.05) is 6.54 Å². The molecule has 1 aromatic rings. The van der Waals surface area contributed by atoms with Crippen molar-refractivity contribution in [2.24, 2.45) is 22.4 Å². The normalized spacial score (nSPS) is 23.0. The van der Waals surface area contributed by atoms with Gasteiger partial charge in [0, 0.05) is 23.3 Å². The lowest BCUT2D eigenvalue weighted by atomic mass is 9.82. The molecule has 3 atom stereocenters. The molecule has 0 saturated heterocycles. The van der Waals surface area contributed by atoms with E-state index in [9.17, 15) is 23.2 Å². The molecule has 11 heteroatoms. The molecule has 1 amide bonds. The first-order chi connectivity index (χ1) is 14.1. The Morgan fingerprint density at radius 1 is 1.30 bits per heavy atom. The number of rotatable bonds is 7. The molecule has 1 aliphatic rings. The summed E-state index contributed by atoms with van der Waals surface area (Å²) in [5.74, 6) is -1.48. The average molecular weight is 443 g/mol. The molecular weight excluding hydrogens is 421 g/mol. The summed E-state index contributed by atoms with van der Waals surface area (Å²) in [6.45, 7) is -1.10. The van der Waals surface area contributed by atoms with E-state index in [1.807, 2.05) is 0 Å². The van der Waals surface area contributed by atoms with Gasteiger partial charge in [-0.1, -0.05) is 11.6 Å². The minimum absolute atomic E-state index is 0.0704. The van der Waals surface area contributed by atoms with Crippen molar-refractivity contribution in [3.05, 3.63) is 41.1 Å². The summed E-state index contributed by atoms with van der Waals surface area (Å²) in [4.78, 5) is 15.9. The second-order valence-corrected chi connectivity index (χ2v) is 7.35. The van der Waals surface area contributed by atoms with Gasteiger partial charge in [-0.3, -0.25) is 4.79 Å². The van der Waals surface area contributed by atoms with Crippen molar-refractivity contribution in [3.63, 3.8) is 0 Å². The maximum atomic E-state index is 12.4. The van der Waals surface area contributed by atoms with E-state index in [0.29, 0.717) is 23.6 Å². The number of nitrogens with one attached hydrogen (secondary N) is 2. The molecule has 0 radical (unpaired) electrons. The van der Waals surface area contributed by atoms with Gasteiger partial charge in [-0.2, -0.15) is 18.4 Å². The monoisotopic (exact) mass is 442 g/mol. The topological polar surface area (TPSA) is 129 Å². The van der Waals surface area contributed by atoms with Crippen LogP contribution in [0.3, 0.4) is 0 Å². The molecule has 0 heterocycles. The third kappa shape index (κ3) is 7.24. The summed E-state index contributed by atoms with van der Waals surface area (Å²) < 4.78 is 37.1. The zero-order valence-electron chi connectivity index (χ0n) is 15.9. The minimum Gasteiger partial charge on any atom is -0.386 e. The zero-order chi connectivity index (χ0) is 22.3. The van der Waals surface area contributed by atoms with Crippen molar-refractivity contribution in [3.8, 4) is 6.07 Å². The van der Waals surface area contributed by atoms with Gasteiger partial charge in [0.15, 0.2) is 0 Å². The fourth-order valence-electron chi connectivity index (χ4n) is 3.13. The fourth-order valence-corrected chi connectivity index (χ4v) is 3.26. The van der Waals surface area contributed by atoms with Gasteiger partial charge >= 0.3 is 6.18 Å². The molecule has 6 N–H and O–H groups in total. The molecule has 0 spiro atoms. The van der Waals surface area contributed by atoms with Crippen molar-refractivity contribution < 1.29 is 18.0 Å². The lowest BCUT2D eigenvalue weighted by molar-refractivity contribution is -0.126. The number of hydrogen-bond acceptors (Lipinski definition) is 5. The number of halogens is 4. The zero-order valence-corrected chi connectivity index (χ0v) is 16.7. The Labute approximate surface area is 177 Å². The average Bonchev–Trinajstić information content (AvgIpc) is 2.68. The van der Waals surface area contributed by atoms with Crippen LogP contribution in [-0.4, -0.2) is 36.5 Å². The lowest BCUT2D eigenvalue weighted by Crippen LogP contribution is -2.46. The van der Waals surface area contributed by atoms with Crippen LogP contribution in [-0.2, 0) is 4.79 Å². The fraction of sp³-hybridized carbons (Fsp3) is 0.421. The Kier molecular flexibility index (Phi) is 8.08. The van der Waals surface area contributed by atoms with Gasteiger partial charge in [0.05, 0.1) is 29.8 Å². The molecule has 7 nitrogen and oxygen atoms in total. The van der Waals surface area contributed by atoms with E-state index in [1.165, 1.54) is 6.20 Å². The molecule has 1 aromatic carbocycles. The SMILES string of the molecule is N#CC1C[C@H](NCC(F)(F)F)CC[C@@H]1N/C=C(/C(N)=O)C(N)=Nc1ccc(Cl)cc1. The molecule has 0 aliphatic heterocycles. The van der Waals surface area contributed by atoms with Crippen molar-refractivity contribution in [2.45, 2.75) is 37.5 Å². The van der Waals surface area contributed by atoms with Crippen molar-refractivity contribution in [1.29, 1.82) is 5.26 Å². The highest BCUT2D eigenvalue weighted by Crippen LogP contribution is 2.26. The number of hydrogen-bond donors (Lipinski definition) is 4. The number of carbonyl (C=O) groups excluding carboxylic acids is 1. The summed E-state index contributed by atoms with van der Waals surface area (Å²) >= 11 is 5.81. The van der Waals surface area contributed by atoms with Crippen LogP contribution < -0.4 is 22.1 Å². The predicted molar refractivity (Wildman–Crippen MR) is 108 cm³/mol. The summed E-state index contributed by atoms with van der Waals surface area (Å²) in [5, 5.41) is 15.3. The van der Waals surface area contributed by atoms with Crippen LogP contribution in [0.2, 0.25) is 5.02 Å². The number of aliphatic imine (C=N–C) groups is 1. The maximum absolute atomic E-state index is 12.4. The standard InChI is InChI=1S/C19H22ClF3N6O/c20-12-1-3-13(4-2-12)29-17(25)15(18(26)30)9-27-16-6-5-14(7-11(16)8-24)28-10-19(21,22)23/h1-4,9,11,14,16,27-28H,5-7,10H2,(H2,25,29)(H2,26,30)/b15-9+/t11?,14-,16+/m1/s1. The molecule has 0 aromatic heterocycles. The van der Waals surface area contributed by atoms with Crippen molar-refractivity contribution in [1.82, 2.24) is 10.6 Å². The van der Waals surface area contributed by atoms with Crippen LogP contribution in [0.4, 0.5) is 18.9 Å². The number of primary amides is 1. The van der Waals surface area contributed by atoms with Crippen LogP contribution in [0.5, 0.6) is 0 Å². The van der Waals surface area contributed by atoms with E-state index in [1.54, 1.807) is 24.3 Å². The van der Waals surface area contributed by atoms with Crippen molar-refractivity contribution >= 4 is 29.0 Å². The molecular formula is C19H22ClF3N6O. The summed E-state index contributed by atoms with van der Waals surface area (Å²) in [6.07, 6.45) is -1.88. The van der Waals surface area contributed by atoms with Gasteiger partial charge in [-0.05, 0) is 43.5 Å². The van der Waals surface area contributed by atoms with Gasteiger partial charge in [0.1, 0.15) is 5.84 Å². The first kappa shape index (κ1) is 23.5. The molecule has 2 rings (SSSR count). The minimum atomic E-state index is -4.31. The number of carbonyl (C=O) groups is 1. The van der Waals surface area contributed by atoms with Crippen LogP contribution in [0.1, 0.15) is 19.3 Å². The van der Waals surface area contributed by atoms with E-state index >= 15 is 0 Å². The Morgan fingerprint density at radius 3 is 2.53 bits per heavy atom. The van der Waals surface area contributed by atoms with E-state index in [4.69, 9.17) is 23.1 Å². The summed E-state index contributed by atoms with van der Waals surface area (Å²) in [5.41, 5.74) is 11.7. The smallest absolute Gasteiger partial charge is 0.386 e. The first-order valence-electron chi connectivity index (χ1n) is 9.15. The first-order valence-corrected chi connectivity index (χ1v) is 9.52. The Morgan fingerprint density at radius 2 is 1.97 bits per heavy atom. The molecule has 0 bridgehead atoms. The van der Waals surface area contributed by atoms with Crippen LogP contribution in [0.25, 0.3) is 0 Å². The second-order valence-electron chi connectivity index (χ2n) is 6.91. The van der Waals surface area contributed by atoms with Crippen LogP contribution in [0, 0.1) is 17.2 Å². The number of benzene rings is 1. The number of nitriles is 1. The molecule has 1 unspecified atom stereocenters. The van der Waals surface area contributed by atoms with Crippen LogP contribution in [0.15, 0.2) is 41.0 Å². The van der Waals surface area contributed by atoms with E-state index < -0.39 is 30.6 Å². The van der Waals surface area contributed by atoms with Crippen LogP contribution >= 0.6 is 11.6 Å². The molecule has 30 heavy (non-hydrogen) atoms. The highest BCUT2D eigenvalue weighted by atomic mass is 35.5. The molecule has 1 aliphatic carbocycles. The maximum Gasteiger partial charge on any atom is 0.401 e. The third-order valence-electron chi connectivity index (χ3n) is 4.67. The number of nitrogens with zero attached hydrogens (tertiary/aromatic N) is 2. The second kappa shape index (κ2) is 10.3. The molecule has 1 saturated carbocycles. The number of amides is 1. The van der Waals surface area contributed by atoms with Gasteiger partial charge < -0.3 is 22.1 Å². The molecule has 1 fully saturated rings. The van der Waals surface area contributed by atoms with Gasteiger partial charge in [0.2, 0.25) is 0 Å². The summed E-state index contributed by atoms with van der Waals surface area (Å²) in [7, 11) is 0. The Hall–Kier alpha value is -2.77. The largest absolute Gasteiger partial charge is 0.401 e. The van der Waals surface area contributed by atoms with E-state index in [0.717, 1.165) is 0 Å². The predicted octanol–water partition coefficient (Wildman–Crippen LogP) is 2.50. The lowest BCUT2D eigenvalue weighted by Gasteiger charge is -2.33. The highest BCUT2D eigenvalue weighted by molar-refractivity contribution is 6.30. The van der Waals surface area contributed by atoms with Gasteiger partial charge in [-0.15, -0.1) is 0 Å².